The molecular weight excluding hydrogens is 1170 g/mol. The SMILES string of the molecule is COC(=O)C(COC(=O)Nc1ccccc1C1CN(C(=O)NCC(=O)N[C@H]2S[C@H]3CC(=O)N3C(C(=O)OC(c3ccccc3)c3ccccc3)=C2CSc2nnnn2C)C(=O)N1S(C)(=O)=O)(c1ccccc1)c1ccccc1NC(=O)OC(C)(C)C. The molecule has 3 aliphatic rings. The van der Waals surface area contributed by atoms with E-state index in [2.05, 4.69) is 36.8 Å². The van der Waals surface area contributed by atoms with Crippen molar-refractivity contribution in [1.29, 1.82) is 0 Å². The molecule has 86 heavy (non-hydrogen) atoms. The summed E-state index contributed by atoms with van der Waals surface area (Å²) in [4.78, 5) is 114. The van der Waals surface area contributed by atoms with Gasteiger partial charge in [-0.25, -0.2) is 46.3 Å². The average molecular weight is 1230 g/mol. The lowest BCUT2D eigenvalue weighted by molar-refractivity contribution is -0.152. The van der Waals surface area contributed by atoms with Gasteiger partial charge in [-0.2, -0.15) is 0 Å². The Morgan fingerprint density at radius 3 is 2.01 bits per heavy atom. The Kier molecular flexibility index (Phi) is 18.5. The molecule has 8 amide bonds. The Morgan fingerprint density at radius 2 is 1.41 bits per heavy atom. The number of hydrogen-bond donors (Lipinski definition) is 4. The molecule has 6 aromatic rings. The van der Waals surface area contributed by atoms with Crippen molar-refractivity contribution < 1.29 is 65.7 Å². The second kappa shape index (κ2) is 25.9. The van der Waals surface area contributed by atoms with Crippen LogP contribution in [0.3, 0.4) is 0 Å². The van der Waals surface area contributed by atoms with Crippen LogP contribution in [0.15, 0.2) is 156 Å². The predicted octanol–water partition coefficient (Wildman–Crippen LogP) is 6.84. The molecule has 4 N–H and O–H groups in total. The number of amides is 8. The summed E-state index contributed by atoms with van der Waals surface area (Å²) in [7, 11) is -1.70. The fourth-order valence-corrected chi connectivity index (χ4v) is 13.4. The number of β-lactam (4-membered cyclic amide) rings is 1. The lowest BCUT2D eigenvalue weighted by Gasteiger charge is -2.47. The number of rotatable bonds is 19. The zero-order valence-corrected chi connectivity index (χ0v) is 49.6. The first-order valence-corrected chi connectivity index (χ1v) is 30.4. The smallest absolute Gasteiger partial charge is 0.412 e. The molecule has 2 fully saturated rings. The minimum atomic E-state index is -4.47. The number of urea groups is 2. The van der Waals surface area contributed by atoms with E-state index in [1.807, 2.05) is 12.1 Å². The maximum atomic E-state index is 14.7. The highest BCUT2D eigenvalue weighted by molar-refractivity contribution is 8.01. The van der Waals surface area contributed by atoms with Gasteiger partial charge in [0.25, 0.3) is 0 Å². The van der Waals surface area contributed by atoms with Gasteiger partial charge in [-0.3, -0.25) is 29.9 Å². The third-order valence-electron chi connectivity index (χ3n) is 13.8. The summed E-state index contributed by atoms with van der Waals surface area (Å²) in [5, 5.41) is 20.9. The Labute approximate surface area is 502 Å². The molecule has 25 nitrogen and oxygen atoms in total. The van der Waals surface area contributed by atoms with E-state index in [4.69, 9.17) is 18.9 Å². The van der Waals surface area contributed by atoms with Gasteiger partial charge in [-0.1, -0.05) is 139 Å². The lowest BCUT2D eigenvalue weighted by Crippen LogP contribution is -2.58. The first kappa shape index (κ1) is 61.3. The number of fused-ring (bicyclic) bond motifs is 1. The van der Waals surface area contributed by atoms with E-state index in [0.29, 0.717) is 31.1 Å². The van der Waals surface area contributed by atoms with Gasteiger partial charge in [0.1, 0.15) is 23.3 Å². The summed E-state index contributed by atoms with van der Waals surface area (Å²) in [6.07, 6.45) is -2.07. The number of anilines is 2. The molecular formula is C58H59N11O14S3. The number of nitrogens with one attached hydrogen (secondary N) is 4. The number of tetrazole rings is 1. The Morgan fingerprint density at radius 1 is 0.802 bits per heavy atom. The molecule has 0 aliphatic carbocycles. The molecule has 4 heterocycles. The quantitative estimate of drug-likeness (QED) is 0.0279. The number of carbonyl (C=O) groups is 8. The van der Waals surface area contributed by atoms with Crippen LogP contribution in [0, 0.1) is 0 Å². The van der Waals surface area contributed by atoms with Crippen LogP contribution in [0.5, 0.6) is 0 Å². The number of ether oxygens (including phenoxy) is 4. The second-order valence-corrected chi connectivity index (χ2v) is 24.8. The molecule has 4 atom stereocenters. The van der Waals surface area contributed by atoms with Crippen molar-refractivity contribution in [3.8, 4) is 0 Å². The van der Waals surface area contributed by atoms with Crippen LogP contribution in [0.1, 0.15) is 67.2 Å². The number of hydrogen-bond acceptors (Lipinski definition) is 19. The van der Waals surface area contributed by atoms with Crippen LogP contribution >= 0.6 is 23.5 Å². The van der Waals surface area contributed by atoms with Crippen LogP contribution in [-0.2, 0) is 60.6 Å². The van der Waals surface area contributed by atoms with Crippen molar-refractivity contribution in [1.82, 2.24) is 44.9 Å². The van der Waals surface area contributed by atoms with Crippen LogP contribution in [0.2, 0.25) is 0 Å². The molecule has 2 unspecified atom stereocenters. The molecule has 5 aromatic carbocycles. The number of imide groups is 1. The highest BCUT2D eigenvalue weighted by Gasteiger charge is 2.51. The summed E-state index contributed by atoms with van der Waals surface area (Å²) in [5.74, 6) is -2.88. The van der Waals surface area contributed by atoms with Crippen LogP contribution in [0.25, 0.3) is 0 Å². The number of esters is 2. The maximum Gasteiger partial charge on any atom is 0.412 e. The highest BCUT2D eigenvalue weighted by Crippen LogP contribution is 2.46. The standard InChI is InChI=1S/C58H59N11O14S3/c1-57(2,3)83-55(76)61-42-29-19-17-27-40(42)58(51(73)80-5,37-24-14-9-15-25-37)34-81-54(75)60-41-28-18-16-26-38(41)43-32-67(56(77)69(43)86(6,78)79)52(74)59-31-44(70)62-49-39(33-84-53-63-64-65-66(53)4)47(68-45(71)30-46(68)85-49)50(72)82-48(35-20-10-7-11-21-35)36-22-12-8-13-23-36/h7-29,43,46,48-49H,30-34H2,1-6H3,(H,59,74)(H,60,75)(H,61,76)(H,62,70)/t43?,46-,49-,58?/m0/s1. The van der Waals surface area contributed by atoms with E-state index in [1.54, 1.807) is 125 Å². The fourth-order valence-electron chi connectivity index (χ4n) is 9.90. The number of sulfonamides is 1. The molecule has 0 saturated carbocycles. The topological polar surface area (TPSA) is 309 Å². The number of nitrogens with zero attached hydrogens (tertiary/aromatic N) is 7. The molecule has 1 aromatic heterocycles. The highest BCUT2D eigenvalue weighted by atomic mass is 32.2. The third-order valence-corrected chi connectivity index (χ3v) is 17.3. The summed E-state index contributed by atoms with van der Waals surface area (Å²) >= 11 is 2.30. The van der Waals surface area contributed by atoms with E-state index in [0.717, 1.165) is 25.1 Å². The maximum absolute atomic E-state index is 14.7. The Hall–Kier alpha value is -9.28. The minimum Gasteiger partial charge on any atom is -0.468 e. The summed E-state index contributed by atoms with van der Waals surface area (Å²) in [5.41, 5.74) is -0.674. The molecule has 28 heteroatoms. The monoisotopic (exact) mass is 1230 g/mol. The van der Waals surface area contributed by atoms with Crippen LogP contribution in [0.4, 0.5) is 30.6 Å². The fraction of sp³-hybridized carbons (Fsp3) is 0.293. The molecule has 448 valence electrons. The number of aromatic nitrogens is 4. The van der Waals surface area contributed by atoms with Gasteiger partial charge >= 0.3 is 36.2 Å². The molecule has 0 spiro atoms. The number of benzene rings is 5. The van der Waals surface area contributed by atoms with Crippen molar-refractivity contribution in [3.63, 3.8) is 0 Å². The molecule has 2 saturated heterocycles. The Bertz CT molecular complexity index is 3680. The van der Waals surface area contributed by atoms with E-state index in [9.17, 15) is 46.8 Å². The van der Waals surface area contributed by atoms with E-state index in [1.165, 1.54) is 51.7 Å². The van der Waals surface area contributed by atoms with E-state index < -0.39 is 106 Å². The first-order chi connectivity index (χ1) is 41.1. The van der Waals surface area contributed by atoms with Crippen molar-refractivity contribution in [2.45, 2.75) is 66.3 Å². The molecule has 0 radical (unpaired) electrons. The van der Waals surface area contributed by atoms with Crippen molar-refractivity contribution in [2.24, 2.45) is 7.05 Å². The third kappa shape index (κ3) is 13.5. The summed E-state index contributed by atoms with van der Waals surface area (Å²) < 4.78 is 51.8. The van der Waals surface area contributed by atoms with Gasteiger partial charge in [0, 0.05) is 40.9 Å². The van der Waals surface area contributed by atoms with Gasteiger partial charge < -0.3 is 29.6 Å². The molecule has 9 rings (SSSR count). The van der Waals surface area contributed by atoms with Gasteiger partial charge in [0.05, 0.1) is 44.3 Å². The zero-order chi connectivity index (χ0) is 61.5. The largest absolute Gasteiger partial charge is 0.468 e. The van der Waals surface area contributed by atoms with Gasteiger partial charge in [0.15, 0.2) is 11.5 Å². The minimum absolute atomic E-state index is 0.0224. The number of aryl methyl sites for hydroxylation is 1. The van der Waals surface area contributed by atoms with Crippen LogP contribution < -0.4 is 21.3 Å². The summed E-state index contributed by atoms with van der Waals surface area (Å²) in [6.45, 7) is 2.98. The lowest BCUT2D eigenvalue weighted by atomic mass is 9.74. The summed E-state index contributed by atoms with van der Waals surface area (Å²) in [6, 6.07) is 34.6. The average Bonchev–Trinajstić information content (AvgIpc) is 1.62. The normalized spacial score (nSPS) is 17.4. The van der Waals surface area contributed by atoms with Crippen molar-refractivity contribution in [3.05, 3.63) is 179 Å². The number of methoxy groups -OCH3 is 1. The number of para-hydroxylation sites is 2. The number of thioether (sulfide) groups is 2. The predicted molar refractivity (Wildman–Crippen MR) is 314 cm³/mol. The molecule has 0 bridgehead atoms. The van der Waals surface area contributed by atoms with Gasteiger partial charge in [0.2, 0.25) is 27.0 Å². The van der Waals surface area contributed by atoms with E-state index >= 15 is 0 Å². The number of carbonyl (C=O) groups excluding carboxylic acids is 8. The zero-order valence-electron chi connectivity index (χ0n) is 47.2. The Balaban J connectivity index is 0.928. The van der Waals surface area contributed by atoms with E-state index in [-0.39, 0.29) is 51.9 Å². The van der Waals surface area contributed by atoms with Gasteiger partial charge in [-0.05, 0) is 60.0 Å². The van der Waals surface area contributed by atoms with Crippen molar-refractivity contribution >= 4 is 92.9 Å². The van der Waals surface area contributed by atoms with Crippen LogP contribution in [-0.4, -0.2) is 146 Å². The first-order valence-electron chi connectivity index (χ1n) is 26.6. The van der Waals surface area contributed by atoms with Crippen molar-refractivity contribution in [2.75, 3.05) is 49.4 Å². The second-order valence-electron chi connectivity index (χ2n) is 20.7. The molecule has 3 aliphatic heterocycles. The van der Waals surface area contributed by atoms with Gasteiger partial charge in [-0.15, -0.1) is 16.9 Å².